The number of aromatic nitrogens is 1. The van der Waals surface area contributed by atoms with E-state index in [9.17, 15) is 4.79 Å². The Kier molecular flexibility index (Phi) is 4.07. The van der Waals surface area contributed by atoms with Gasteiger partial charge < -0.3 is 10.4 Å². The largest absolute Gasteiger partial charge is 0.478 e. The van der Waals surface area contributed by atoms with Crippen LogP contribution in [0, 0.1) is 13.8 Å². The number of hydrogen-bond donors (Lipinski definition) is 2. The summed E-state index contributed by atoms with van der Waals surface area (Å²) in [5.74, 6) is -0.552. The molecule has 2 heterocycles. The number of carboxylic acid groups (broad SMARTS) is 1. The number of rotatable bonds is 4. The van der Waals surface area contributed by atoms with Crippen molar-refractivity contribution in [2.45, 2.75) is 20.4 Å². The van der Waals surface area contributed by atoms with Crippen molar-refractivity contribution in [3.63, 3.8) is 0 Å². The van der Waals surface area contributed by atoms with Crippen molar-refractivity contribution in [1.82, 2.24) is 4.98 Å². The molecule has 6 heteroatoms. The number of pyridine rings is 1. The van der Waals surface area contributed by atoms with Gasteiger partial charge in [0.2, 0.25) is 0 Å². The van der Waals surface area contributed by atoms with E-state index in [1.807, 2.05) is 0 Å². The molecule has 0 radical (unpaired) electrons. The van der Waals surface area contributed by atoms with Crippen molar-refractivity contribution in [3.8, 4) is 0 Å². The SMILES string of the molecule is Cc1cc(CNc2cc(C(=O)O)c(Cl)cn2)sc1C. The van der Waals surface area contributed by atoms with Gasteiger partial charge in [-0.05, 0) is 31.5 Å². The maximum Gasteiger partial charge on any atom is 0.337 e. The average Bonchev–Trinajstić information content (AvgIpc) is 2.67. The highest BCUT2D eigenvalue weighted by Gasteiger charge is 2.10. The van der Waals surface area contributed by atoms with Gasteiger partial charge in [-0.3, -0.25) is 0 Å². The Bertz CT molecular complexity index is 606. The van der Waals surface area contributed by atoms with Crippen LogP contribution < -0.4 is 5.32 Å². The number of nitrogens with one attached hydrogen (secondary N) is 1. The molecule has 2 aromatic heterocycles. The molecule has 2 N–H and O–H groups in total. The third-order valence-corrected chi connectivity index (χ3v) is 4.20. The molecule has 0 atom stereocenters. The summed E-state index contributed by atoms with van der Waals surface area (Å²) < 4.78 is 0. The van der Waals surface area contributed by atoms with Crippen molar-refractivity contribution in [1.29, 1.82) is 0 Å². The molecular weight excluding hydrogens is 284 g/mol. The Balaban J connectivity index is 2.11. The number of nitrogens with zero attached hydrogens (tertiary/aromatic N) is 1. The standard InChI is InChI=1S/C13H13ClN2O2S/c1-7-3-9(19-8(7)2)5-15-12-4-10(13(17)18)11(14)6-16-12/h3-4,6H,5H2,1-2H3,(H,15,16)(H,17,18). The summed E-state index contributed by atoms with van der Waals surface area (Å²) in [6.45, 7) is 4.76. The van der Waals surface area contributed by atoms with Gasteiger partial charge in [-0.2, -0.15) is 0 Å². The van der Waals surface area contributed by atoms with E-state index in [0.29, 0.717) is 12.4 Å². The quantitative estimate of drug-likeness (QED) is 0.902. The number of carbonyl (C=O) groups is 1. The zero-order chi connectivity index (χ0) is 14.0. The van der Waals surface area contributed by atoms with Gasteiger partial charge in [-0.1, -0.05) is 11.6 Å². The van der Waals surface area contributed by atoms with Crippen LogP contribution in [0.2, 0.25) is 5.02 Å². The highest BCUT2D eigenvalue weighted by atomic mass is 35.5. The van der Waals surface area contributed by atoms with Crippen molar-refractivity contribution in [3.05, 3.63) is 44.2 Å². The summed E-state index contributed by atoms with van der Waals surface area (Å²) in [5, 5.41) is 12.2. The molecule has 0 aromatic carbocycles. The fourth-order valence-corrected chi connectivity index (χ4v) is 2.79. The lowest BCUT2D eigenvalue weighted by Gasteiger charge is -2.05. The fourth-order valence-electron chi connectivity index (χ4n) is 1.61. The molecule has 0 unspecified atom stereocenters. The van der Waals surface area contributed by atoms with E-state index < -0.39 is 5.97 Å². The minimum Gasteiger partial charge on any atom is -0.478 e. The Morgan fingerprint density at radius 2 is 2.21 bits per heavy atom. The average molecular weight is 297 g/mol. The van der Waals surface area contributed by atoms with Gasteiger partial charge in [0.05, 0.1) is 17.1 Å². The predicted octanol–water partition coefficient (Wildman–Crippen LogP) is 3.72. The van der Waals surface area contributed by atoms with Crippen molar-refractivity contribution in [2.75, 3.05) is 5.32 Å². The van der Waals surface area contributed by atoms with Crippen LogP contribution in [0.4, 0.5) is 5.82 Å². The number of aryl methyl sites for hydroxylation is 2. The highest BCUT2D eigenvalue weighted by Crippen LogP contribution is 2.22. The van der Waals surface area contributed by atoms with Crippen LogP contribution in [0.15, 0.2) is 18.3 Å². The molecule has 0 saturated heterocycles. The molecule has 0 saturated carbocycles. The van der Waals surface area contributed by atoms with Crippen LogP contribution >= 0.6 is 22.9 Å². The molecule has 0 aliphatic carbocycles. The Hall–Kier alpha value is -1.59. The Morgan fingerprint density at radius 3 is 2.79 bits per heavy atom. The van der Waals surface area contributed by atoms with E-state index >= 15 is 0 Å². The first-order valence-corrected chi connectivity index (χ1v) is 6.85. The molecule has 4 nitrogen and oxygen atoms in total. The third-order valence-electron chi connectivity index (χ3n) is 2.75. The molecule has 0 aliphatic heterocycles. The van der Waals surface area contributed by atoms with Crippen LogP contribution in [0.5, 0.6) is 0 Å². The monoisotopic (exact) mass is 296 g/mol. The van der Waals surface area contributed by atoms with E-state index in [-0.39, 0.29) is 10.6 Å². The summed E-state index contributed by atoms with van der Waals surface area (Å²) in [7, 11) is 0. The molecule has 0 aliphatic rings. The molecule has 19 heavy (non-hydrogen) atoms. The van der Waals surface area contributed by atoms with Gasteiger partial charge in [0.25, 0.3) is 0 Å². The molecule has 2 rings (SSSR count). The lowest BCUT2D eigenvalue weighted by molar-refractivity contribution is 0.0697. The van der Waals surface area contributed by atoms with E-state index in [1.165, 1.54) is 27.6 Å². The fraction of sp³-hybridized carbons (Fsp3) is 0.231. The van der Waals surface area contributed by atoms with Crippen LogP contribution in [0.1, 0.15) is 25.7 Å². The summed E-state index contributed by atoms with van der Waals surface area (Å²) in [4.78, 5) is 17.5. The highest BCUT2D eigenvalue weighted by molar-refractivity contribution is 7.12. The molecule has 2 aromatic rings. The zero-order valence-electron chi connectivity index (χ0n) is 10.5. The Labute approximate surface area is 120 Å². The minimum atomic E-state index is -1.06. The third kappa shape index (κ3) is 3.24. The van der Waals surface area contributed by atoms with Crippen molar-refractivity contribution >= 4 is 34.7 Å². The van der Waals surface area contributed by atoms with Gasteiger partial charge in [-0.15, -0.1) is 11.3 Å². The van der Waals surface area contributed by atoms with Gasteiger partial charge in [0.15, 0.2) is 0 Å². The molecule has 0 fully saturated rings. The minimum absolute atomic E-state index is 0.0534. The maximum absolute atomic E-state index is 11.0. The summed E-state index contributed by atoms with van der Waals surface area (Å²) in [5.41, 5.74) is 1.31. The smallest absolute Gasteiger partial charge is 0.337 e. The van der Waals surface area contributed by atoms with E-state index in [4.69, 9.17) is 16.7 Å². The number of anilines is 1. The molecule has 0 bridgehead atoms. The lowest BCUT2D eigenvalue weighted by atomic mass is 10.2. The van der Waals surface area contributed by atoms with Crippen molar-refractivity contribution in [2.24, 2.45) is 0 Å². The number of carboxylic acids is 1. The maximum atomic E-state index is 11.0. The lowest BCUT2D eigenvalue weighted by Crippen LogP contribution is -2.04. The van der Waals surface area contributed by atoms with Gasteiger partial charge in [0.1, 0.15) is 5.82 Å². The summed E-state index contributed by atoms with van der Waals surface area (Å²) >= 11 is 7.48. The molecule has 0 spiro atoms. The van der Waals surface area contributed by atoms with E-state index in [1.54, 1.807) is 11.3 Å². The van der Waals surface area contributed by atoms with Gasteiger partial charge in [-0.25, -0.2) is 9.78 Å². The first-order valence-electron chi connectivity index (χ1n) is 5.66. The first-order chi connectivity index (χ1) is 8.97. The second-order valence-electron chi connectivity index (χ2n) is 4.16. The van der Waals surface area contributed by atoms with Crippen LogP contribution in [0.25, 0.3) is 0 Å². The van der Waals surface area contributed by atoms with Gasteiger partial charge in [0, 0.05) is 16.0 Å². The normalized spacial score (nSPS) is 10.5. The van der Waals surface area contributed by atoms with Crippen LogP contribution in [-0.4, -0.2) is 16.1 Å². The van der Waals surface area contributed by atoms with Gasteiger partial charge >= 0.3 is 5.97 Å². The number of halogens is 1. The van der Waals surface area contributed by atoms with Crippen molar-refractivity contribution < 1.29 is 9.90 Å². The second kappa shape index (κ2) is 5.59. The summed E-state index contributed by atoms with van der Waals surface area (Å²) in [6.07, 6.45) is 1.35. The second-order valence-corrected chi connectivity index (χ2v) is 5.91. The molecule has 100 valence electrons. The number of thiophene rings is 1. The predicted molar refractivity (Wildman–Crippen MR) is 77.3 cm³/mol. The summed E-state index contributed by atoms with van der Waals surface area (Å²) in [6, 6.07) is 3.55. The topological polar surface area (TPSA) is 62.2 Å². The van der Waals surface area contributed by atoms with Crippen LogP contribution in [0.3, 0.4) is 0 Å². The van der Waals surface area contributed by atoms with E-state index in [0.717, 1.165) is 0 Å². The number of aromatic carboxylic acids is 1. The molecular formula is C13H13ClN2O2S. The number of hydrogen-bond acceptors (Lipinski definition) is 4. The molecule has 0 amide bonds. The van der Waals surface area contributed by atoms with E-state index in [2.05, 4.69) is 30.2 Å². The van der Waals surface area contributed by atoms with Crippen LogP contribution in [-0.2, 0) is 6.54 Å². The Morgan fingerprint density at radius 1 is 1.47 bits per heavy atom. The first kappa shape index (κ1) is 13.8. The zero-order valence-corrected chi connectivity index (χ0v) is 12.1.